The minimum atomic E-state index is -0.263. The van der Waals surface area contributed by atoms with Crippen molar-refractivity contribution in [2.45, 2.75) is 26.7 Å². The van der Waals surface area contributed by atoms with E-state index in [9.17, 15) is 9.59 Å². The van der Waals surface area contributed by atoms with Crippen LogP contribution in [0.2, 0.25) is 0 Å². The van der Waals surface area contributed by atoms with Crippen LogP contribution in [-0.4, -0.2) is 31.6 Å². The Labute approximate surface area is 199 Å². The number of amides is 2. The normalized spacial score (nSPS) is 11.8. The molecule has 3 aromatic rings. The Bertz CT molecular complexity index is 1180. The Kier molecular flexibility index (Phi) is 7.32. The fourth-order valence-electron chi connectivity index (χ4n) is 3.82. The molecule has 34 heavy (non-hydrogen) atoms. The molecule has 0 radical (unpaired) electrons. The fraction of sp³-hybridized carbons (Fsp3) is 0.259. The molecule has 0 atom stereocenters. The van der Waals surface area contributed by atoms with Crippen LogP contribution >= 0.6 is 0 Å². The molecule has 2 amide bonds. The summed E-state index contributed by atoms with van der Waals surface area (Å²) < 4.78 is 17.1. The van der Waals surface area contributed by atoms with Crippen LogP contribution in [0.1, 0.15) is 35.3 Å². The van der Waals surface area contributed by atoms with Crippen LogP contribution in [-0.2, 0) is 17.6 Å². The second kappa shape index (κ2) is 10.7. The molecule has 1 aliphatic heterocycles. The van der Waals surface area contributed by atoms with Gasteiger partial charge in [-0.05, 0) is 43.2 Å². The lowest BCUT2D eigenvalue weighted by atomic mass is 10.1. The van der Waals surface area contributed by atoms with Gasteiger partial charge >= 0.3 is 0 Å². The number of rotatable bonds is 9. The zero-order chi connectivity index (χ0) is 23.9. The SMILES string of the molecule is CCOc1cc(NC(=O)c2ccccc2)c(OCC)cc1NC(=O)Cc1ccc2c(c1)CCO2. The lowest BCUT2D eigenvalue weighted by molar-refractivity contribution is -0.115. The van der Waals surface area contributed by atoms with Crippen LogP contribution in [0, 0.1) is 0 Å². The maximum Gasteiger partial charge on any atom is 0.255 e. The molecular weight excluding hydrogens is 432 g/mol. The Morgan fingerprint density at radius 3 is 2.24 bits per heavy atom. The fourth-order valence-corrected chi connectivity index (χ4v) is 3.82. The predicted octanol–water partition coefficient (Wildman–Crippen LogP) is 4.85. The van der Waals surface area contributed by atoms with E-state index in [0.29, 0.717) is 48.3 Å². The van der Waals surface area contributed by atoms with Crippen LogP contribution in [0.25, 0.3) is 0 Å². The van der Waals surface area contributed by atoms with Crippen molar-refractivity contribution in [2.24, 2.45) is 0 Å². The number of carbonyl (C=O) groups excluding carboxylic acids is 2. The van der Waals surface area contributed by atoms with Crippen molar-refractivity contribution in [1.29, 1.82) is 0 Å². The molecule has 0 aliphatic carbocycles. The van der Waals surface area contributed by atoms with Crippen molar-refractivity contribution in [1.82, 2.24) is 0 Å². The van der Waals surface area contributed by atoms with E-state index in [-0.39, 0.29) is 18.2 Å². The summed E-state index contributed by atoms with van der Waals surface area (Å²) in [6, 6.07) is 18.1. The van der Waals surface area contributed by atoms with Gasteiger partial charge in [-0.15, -0.1) is 0 Å². The molecule has 7 heteroatoms. The average molecular weight is 461 g/mol. The second-order valence-electron chi connectivity index (χ2n) is 7.80. The number of hydrogen-bond acceptors (Lipinski definition) is 5. The minimum Gasteiger partial charge on any atom is -0.493 e. The van der Waals surface area contributed by atoms with Crippen LogP contribution in [0.4, 0.5) is 11.4 Å². The van der Waals surface area contributed by atoms with Gasteiger partial charge in [0.15, 0.2) is 0 Å². The molecule has 0 bridgehead atoms. The van der Waals surface area contributed by atoms with E-state index in [1.807, 2.05) is 38.1 Å². The molecule has 3 aromatic carbocycles. The summed E-state index contributed by atoms with van der Waals surface area (Å²) in [5.74, 6) is 1.34. The highest BCUT2D eigenvalue weighted by atomic mass is 16.5. The summed E-state index contributed by atoms with van der Waals surface area (Å²) in [5.41, 5.74) is 3.52. The van der Waals surface area contributed by atoms with Crippen molar-refractivity contribution < 1.29 is 23.8 Å². The van der Waals surface area contributed by atoms with Gasteiger partial charge in [0.25, 0.3) is 5.91 Å². The van der Waals surface area contributed by atoms with Gasteiger partial charge in [0.2, 0.25) is 5.91 Å². The molecule has 176 valence electrons. The highest BCUT2D eigenvalue weighted by Crippen LogP contribution is 2.37. The lowest BCUT2D eigenvalue weighted by Crippen LogP contribution is -2.17. The summed E-state index contributed by atoms with van der Waals surface area (Å²) in [7, 11) is 0. The van der Waals surface area contributed by atoms with Crippen LogP contribution in [0.15, 0.2) is 60.7 Å². The largest absolute Gasteiger partial charge is 0.493 e. The van der Waals surface area contributed by atoms with Gasteiger partial charge in [-0.3, -0.25) is 9.59 Å². The zero-order valence-corrected chi connectivity index (χ0v) is 19.4. The Morgan fingerprint density at radius 2 is 1.56 bits per heavy atom. The third kappa shape index (κ3) is 5.49. The molecule has 0 saturated heterocycles. The van der Waals surface area contributed by atoms with Crippen LogP contribution in [0.3, 0.4) is 0 Å². The first-order valence-corrected chi connectivity index (χ1v) is 11.4. The van der Waals surface area contributed by atoms with Gasteiger partial charge in [0.1, 0.15) is 17.2 Å². The molecule has 0 saturated carbocycles. The number of fused-ring (bicyclic) bond motifs is 1. The second-order valence-corrected chi connectivity index (χ2v) is 7.80. The summed E-state index contributed by atoms with van der Waals surface area (Å²) in [6.07, 6.45) is 1.07. The molecule has 1 heterocycles. The molecule has 1 aliphatic rings. The van der Waals surface area contributed by atoms with E-state index in [1.54, 1.807) is 36.4 Å². The topological polar surface area (TPSA) is 85.9 Å². The summed E-state index contributed by atoms with van der Waals surface area (Å²) in [6.45, 7) is 5.18. The average Bonchev–Trinajstić information content (AvgIpc) is 3.30. The van der Waals surface area contributed by atoms with Crippen LogP contribution < -0.4 is 24.8 Å². The number of carbonyl (C=O) groups is 2. The zero-order valence-electron chi connectivity index (χ0n) is 19.4. The van der Waals surface area contributed by atoms with Crippen LogP contribution in [0.5, 0.6) is 17.2 Å². The standard InChI is InChI=1S/C27H28N2O5/c1-3-32-24-17-22(29-27(31)19-8-6-5-7-9-19)25(33-4-2)16-21(24)28-26(30)15-18-10-11-23-20(14-18)12-13-34-23/h5-11,14,16-17H,3-4,12-13,15H2,1-2H3,(H,28,30)(H,29,31). The molecule has 0 unspecified atom stereocenters. The Hall–Kier alpha value is -4.00. The van der Waals surface area contributed by atoms with E-state index >= 15 is 0 Å². The maximum absolute atomic E-state index is 12.8. The highest BCUT2D eigenvalue weighted by Gasteiger charge is 2.18. The van der Waals surface area contributed by atoms with Crippen molar-refractivity contribution in [3.05, 3.63) is 77.4 Å². The third-order valence-electron chi connectivity index (χ3n) is 5.36. The first-order valence-electron chi connectivity index (χ1n) is 11.4. The van der Waals surface area contributed by atoms with E-state index in [4.69, 9.17) is 14.2 Å². The minimum absolute atomic E-state index is 0.177. The van der Waals surface area contributed by atoms with Crippen molar-refractivity contribution in [2.75, 3.05) is 30.5 Å². The Morgan fingerprint density at radius 1 is 0.882 bits per heavy atom. The molecule has 0 aromatic heterocycles. The van der Waals surface area contributed by atoms with Gasteiger partial charge in [-0.2, -0.15) is 0 Å². The number of anilines is 2. The molecule has 0 spiro atoms. The van der Waals surface area contributed by atoms with Crippen molar-refractivity contribution in [3.8, 4) is 17.2 Å². The monoisotopic (exact) mass is 460 g/mol. The quantitative estimate of drug-likeness (QED) is 0.477. The number of benzene rings is 3. The van der Waals surface area contributed by atoms with Gasteiger partial charge < -0.3 is 24.8 Å². The highest BCUT2D eigenvalue weighted by molar-refractivity contribution is 6.05. The summed E-state index contributed by atoms with van der Waals surface area (Å²) in [4.78, 5) is 25.5. The predicted molar refractivity (Wildman–Crippen MR) is 131 cm³/mol. The smallest absolute Gasteiger partial charge is 0.255 e. The Balaban J connectivity index is 1.55. The molecule has 2 N–H and O–H groups in total. The van der Waals surface area contributed by atoms with Gasteiger partial charge in [-0.25, -0.2) is 0 Å². The molecular formula is C27H28N2O5. The van der Waals surface area contributed by atoms with Gasteiger partial charge in [0.05, 0.1) is 37.6 Å². The maximum atomic E-state index is 12.8. The lowest BCUT2D eigenvalue weighted by Gasteiger charge is -2.18. The molecule has 7 nitrogen and oxygen atoms in total. The first kappa shape index (κ1) is 23.2. The van der Waals surface area contributed by atoms with Crippen molar-refractivity contribution >= 4 is 23.2 Å². The van der Waals surface area contributed by atoms with Gasteiger partial charge in [-0.1, -0.05) is 30.3 Å². The number of hydrogen-bond donors (Lipinski definition) is 2. The number of ether oxygens (including phenoxy) is 3. The third-order valence-corrected chi connectivity index (χ3v) is 5.36. The van der Waals surface area contributed by atoms with Crippen molar-refractivity contribution in [3.63, 3.8) is 0 Å². The molecule has 0 fully saturated rings. The van der Waals surface area contributed by atoms with Gasteiger partial charge in [0, 0.05) is 24.1 Å². The van der Waals surface area contributed by atoms with E-state index in [1.165, 1.54) is 0 Å². The first-order chi connectivity index (χ1) is 16.6. The molecule has 4 rings (SSSR count). The summed E-state index contributed by atoms with van der Waals surface area (Å²) in [5, 5.41) is 5.82. The van der Waals surface area contributed by atoms with E-state index in [0.717, 1.165) is 23.3 Å². The summed E-state index contributed by atoms with van der Waals surface area (Å²) >= 11 is 0. The van der Waals surface area contributed by atoms with E-state index < -0.39 is 0 Å². The van der Waals surface area contributed by atoms with E-state index in [2.05, 4.69) is 10.6 Å². The number of nitrogens with one attached hydrogen (secondary N) is 2.